The Balaban J connectivity index is 2.03. The number of hydrogen-bond acceptors (Lipinski definition) is 3. The lowest BCUT2D eigenvalue weighted by molar-refractivity contribution is 0.964. The van der Waals surface area contributed by atoms with Crippen LogP contribution in [0, 0.1) is 6.92 Å². The minimum absolute atomic E-state index is 0.724. The largest absolute Gasteiger partial charge is 0.256 e. The van der Waals surface area contributed by atoms with Gasteiger partial charge < -0.3 is 0 Å². The van der Waals surface area contributed by atoms with Gasteiger partial charge in [0.2, 0.25) is 0 Å². The SMILES string of the molecule is C/C=C\C=C/Cc1nc(C)cc(-c2ccnc3ccccc23)n1. The van der Waals surface area contributed by atoms with E-state index in [1.807, 2.05) is 68.6 Å². The minimum Gasteiger partial charge on any atom is -0.256 e. The third-order valence-corrected chi connectivity index (χ3v) is 3.57. The maximum Gasteiger partial charge on any atom is 0.133 e. The smallest absolute Gasteiger partial charge is 0.133 e. The molecule has 3 heteroatoms. The monoisotopic (exact) mass is 301 g/mol. The standard InChI is InChI=1S/C20H19N3/c1-3-4-5-6-11-20-22-15(2)14-19(23-20)17-12-13-21-18-10-8-7-9-16(17)18/h3-10,12-14H,11H2,1-2H3/b4-3-,6-5-. The third kappa shape index (κ3) is 3.51. The van der Waals surface area contributed by atoms with E-state index in [0.717, 1.165) is 40.1 Å². The molecule has 3 rings (SSSR count). The molecule has 0 amide bonds. The van der Waals surface area contributed by atoms with Gasteiger partial charge in [-0.1, -0.05) is 42.5 Å². The van der Waals surface area contributed by atoms with Gasteiger partial charge in [-0.05, 0) is 32.0 Å². The van der Waals surface area contributed by atoms with Crippen LogP contribution in [0.4, 0.5) is 0 Å². The van der Waals surface area contributed by atoms with E-state index in [1.54, 1.807) is 0 Å². The van der Waals surface area contributed by atoms with E-state index in [1.165, 1.54) is 0 Å². The number of pyridine rings is 1. The predicted octanol–water partition coefficient (Wildman–Crippen LogP) is 4.68. The topological polar surface area (TPSA) is 38.7 Å². The predicted molar refractivity (Wildman–Crippen MR) is 95.2 cm³/mol. The highest BCUT2D eigenvalue weighted by Crippen LogP contribution is 2.26. The van der Waals surface area contributed by atoms with E-state index in [9.17, 15) is 0 Å². The van der Waals surface area contributed by atoms with Gasteiger partial charge in [-0.25, -0.2) is 9.97 Å². The van der Waals surface area contributed by atoms with Crippen LogP contribution in [0.25, 0.3) is 22.2 Å². The maximum atomic E-state index is 4.74. The number of para-hydroxylation sites is 1. The second-order valence-electron chi connectivity index (χ2n) is 5.34. The van der Waals surface area contributed by atoms with Crippen molar-refractivity contribution in [2.45, 2.75) is 20.3 Å². The summed E-state index contributed by atoms with van der Waals surface area (Å²) in [6.07, 6.45) is 10.7. The van der Waals surface area contributed by atoms with E-state index in [4.69, 9.17) is 4.98 Å². The van der Waals surface area contributed by atoms with Gasteiger partial charge in [-0.15, -0.1) is 0 Å². The van der Waals surface area contributed by atoms with E-state index >= 15 is 0 Å². The minimum atomic E-state index is 0.724. The Hall–Kier alpha value is -2.81. The number of rotatable bonds is 4. The van der Waals surface area contributed by atoms with E-state index in [2.05, 4.69) is 22.1 Å². The molecule has 0 aliphatic carbocycles. The molecule has 0 N–H and O–H groups in total. The first-order valence-corrected chi connectivity index (χ1v) is 7.74. The average Bonchev–Trinajstić information content (AvgIpc) is 2.58. The van der Waals surface area contributed by atoms with Gasteiger partial charge >= 0.3 is 0 Å². The summed E-state index contributed by atoms with van der Waals surface area (Å²) in [7, 11) is 0. The molecule has 23 heavy (non-hydrogen) atoms. The molecule has 0 saturated carbocycles. The molecule has 0 bridgehead atoms. The molecule has 0 spiro atoms. The molecular formula is C20H19N3. The van der Waals surface area contributed by atoms with Crippen LogP contribution >= 0.6 is 0 Å². The summed E-state index contributed by atoms with van der Waals surface area (Å²) < 4.78 is 0. The molecule has 0 unspecified atom stereocenters. The second-order valence-corrected chi connectivity index (χ2v) is 5.34. The van der Waals surface area contributed by atoms with Gasteiger partial charge in [0, 0.05) is 29.3 Å². The van der Waals surface area contributed by atoms with Crippen molar-refractivity contribution in [1.82, 2.24) is 15.0 Å². The van der Waals surface area contributed by atoms with Gasteiger partial charge in [0.15, 0.2) is 0 Å². The Morgan fingerprint density at radius 3 is 2.78 bits per heavy atom. The summed E-state index contributed by atoms with van der Waals surface area (Å²) >= 11 is 0. The van der Waals surface area contributed by atoms with Crippen LogP contribution in [0.15, 0.2) is 66.9 Å². The van der Waals surface area contributed by atoms with Crippen molar-refractivity contribution in [2.24, 2.45) is 0 Å². The zero-order chi connectivity index (χ0) is 16.1. The van der Waals surface area contributed by atoms with Crippen LogP contribution in [0.5, 0.6) is 0 Å². The van der Waals surface area contributed by atoms with Gasteiger partial charge in [-0.3, -0.25) is 4.98 Å². The Labute approximate surface area is 136 Å². The van der Waals surface area contributed by atoms with Crippen LogP contribution in [0.2, 0.25) is 0 Å². The molecule has 0 fully saturated rings. The number of benzene rings is 1. The summed E-state index contributed by atoms with van der Waals surface area (Å²) in [6.45, 7) is 4.01. The van der Waals surface area contributed by atoms with Crippen molar-refractivity contribution in [3.8, 4) is 11.3 Å². The van der Waals surface area contributed by atoms with Crippen molar-refractivity contribution >= 4 is 10.9 Å². The lowest BCUT2D eigenvalue weighted by Crippen LogP contribution is -1.98. The van der Waals surface area contributed by atoms with Gasteiger partial charge in [0.25, 0.3) is 0 Å². The zero-order valence-corrected chi connectivity index (χ0v) is 13.4. The number of nitrogens with zero attached hydrogens (tertiary/aromatic N) is 3. The maximum absolute atomic E-state index is 4.74. The zero-order valence-electron chi connectivity index (χ0n) is 13.4. The van der Waals surface area contributed by atoms with Crippen LogP contribution in [-0.2, 0) is 6.42 Å². The van der Waals surface area contributed by atoms with Crippen molar-refractivity contribution in [3.63, 3.8) is 0 Å². The van der Waals surface area contributed by atoms with Crippen LogP contribution < -0.4 is 0 Å². The molecule has 1 aromatic carbocycles. The number of aromatic nitrogens is 3. The summed E-state index contributed by atoms with van der Waals surface area (Å²) in [5.41, 5.74) is 4.01. The fourth-order valence-corrected chi connectivity index (χ4v) is 2.54. The van der Waals surface area contributed by atoms with E-state index < -0.39 is 0 Å². The molecule has 3 aromatic rings. The van der Waals surface area contributed by atoms with Crippen molar-refractivity contribution < 1.29 is 0 Å². The molecule has 2 aromatic heterocycles. The summed E-state index contributed by atoms with van der Waals surface area (Å²) in [6, 6.07) is 12.2. The van der Waals surface area contributed by atoms with Gasteiger partial charge in [-0.2, -0.15) is 0 Å². The molecular weight excluding hydrogens is 282 g/mol. The first-order chi connectivity index (χ1) is 11.3. The average molecular weight is 301 g/mol. The molecule has 0 aliphatic heterocycles. The normalized spacial score (nSPS) is 11.7. The molecule has 2 heterocycles. The fraction of sp³-hybridized carbons (Fsp3) is 0.150. The lowest BCUT2D eigenvalue weighted by atomic mass is 10.1. The Kier molecular flexibility index (Phi) is 4.57. The highest BCUT2D eigenvalue weighted by molar-refractivity contribution is 5.93. The Morgan fingerprint density at radius 1 is 1.04 bits per heavy atom. The first-order valence-electron chi connectivity index (χ1n) is 7.74. The van der Waals surface area contributed by atoms with Crippen molar-refractivity contribution in [3.05, 3.63) is 78.4 Å². The second kappa shape index (κ2) is 6.97. The Morgan fingerprint density at radius 2 is 1.91 bits per heavy atom. The van der Waals surface area contributed by atoms with Crippen LogP contribution in [0.1, 0.15) is 18.4 Å². The highest BCUT2D eigenvalue weighted by Gasteiger charge is 2.08. The number of aryl methyl sites for hydroxylation is 1. The summed E-state index contributed by atoms with van der Waals surface area (Å²) in [5.74, 6) is 0.835. The highest BCUT2D eigenvalue weighted by atomic mass is 14.9. The quantitative estimate of drug-likeness (QED) is 0.657. The lowest BCUT2D eigenvalue weighted by Gasteiger charge is -2.08. The third-order valence-electron chi connectivity index (χ3n) is 3.57. The molecule has 114 valence electrons. The molecule has 0 radical (unpaired) electrons. The first kappa shape index (κ1) is 15.1. The van der Waals surface area contributed by atoms with Gasteiger partial charge in [0.05, 0.1) is 11.2 Å². The van der Waals surface area contributed by atoms with E-state index in [-0.39, 0.29) is 0 Å². The fourth-order valence-electron chi connectivity index (χ4n) is 2.54. The molecule has 0 aliphatic rings. The number of fused-ring (bicyclic) bond motifs is 1. The molecule has 0 atom stereocenters. The van der Waals surface area contributed by atoms with E-state index in [0.29, 0.717) is 0 Å². The molecule has 0 saturated heterocycles. The van der Waals surface area contributed by atoms with Crippen molar-refractivity contribution in [2.75, 3.05) is 0 Å². The van der Waals surface area contributed by atoms with Crippen LogP contribution in [-0.4, -0.2) is 15.0 Å². The van der Waals surface area contributed by atoms with Crippen LogP contribution in [0.3, 0.4) is 0 Å². The summed E-state index contributed by atoms with van der Waals surface area (Å²) in [4.78, 5) is 13.7. The summed E-state index contributed by atoms with van der Waals surface area (Å²) in [5, 5.41) is 1.11. The number of allylic oxidation sites excluding steroid dienone is 4. The molecule has 3 nitrogen and oxygen atoms in total. The number of hydrogen-bond donors (Lipinski definition) is 0. The van der Waals surface area contributed by atoms with Gasteiger partial charge in [0.1, 0.15) is 5.82 Å². The van der Waals surface area contributed by atoms with Crippen molar-refractivity contribution in [1.29, 1.82) is 0 Å². The Bertz CT molecular complexity index is 874.